The van der Waals surface area contributed by atoms with Gasteiger partial charge >= 0.3 is 0 Å². The molecule has 7 rings (SSSR count). The molecule has 1 aromatic heterocycles. The average Bonchev–Trinajstić information content (AvgIpc) is 3.61. The number of ether oxygens (including phenoxy) is 2. The van der Waals surface area contributed by atoms with E-state index in [1.807, 2.05) is 91.9 Å². The summed E-state index contributed by atoms with van der Waals surface area (Å²) < 4.78 is 45.0. The van der Waals surface area contributed by atoms with E-state index in [2.05, 4.69) is 23.0 Å². The number of rotatable bonds is 13. The maximum absolute atomic E-state index is 13.9. The number of para-hydroxylation sites is 1. The van der Waals surface area contributed by atoms with Crippen molar-refractivity contribution in [1.82, 2.24) is 9.71 Å². The molecule has 5 unspecified atom stereocenters. The summed E-state index contributed by atoms with van der Waals surface area (Å²) in [5.41, 5.74) is 5.66. The van der Waals surface area contributed by atoms with Crippen molar-refractivity contribution in [1.29, 1.82) is 0 Å². The van der Waals surface area contributed by atoms with Gasteiger partial charge in [-0.3, -0.25) is 4.79 Å². The Kier molecular flexibility index (Phi) is 11.9. The van der Waals surface area contributed by atoms with Gasteiger partial charge in [0.15, 0.2) is 10.6 Å². The molecule has 5 atom stereocenters. The molecular formula is C42H41N3O6S3. The molecule has 0 radical (unpaired) electrons. The number of nitrogens with zero attached hydrogens (tertiary/aromatic N) is 1. The van der Waals surface area contributed by atoms with E-state index in [1.165, 1.54) is 12.1 Å². The zero-order valence-corrected chi connectivity index (χ0v) is 32.2. The summed E-state index contributed by atoms with van der Waals surface area (Å²) in [6.45, 7) is 3.95. The Morgan fingerprint density at radius 3 is 2.35 bits per heavy atom. The van der Waals surface area contributed by atoms with Gasteiger partial charge in [0.25, 0.3) is 0 Å². The summed E-state index contributed by atoms with van der Waals surface area (Å²) in [6, 6.07) is 37.8. The normalized spacial score (nSPS) is 19.4. The van der Waals surface area contributed by atoms with E-state index < -0.39 is 28.3 Å². The first-order valence-corrected chi connectivity index (χ1v) is 21.0. The second-order valence-electron chi connectivity index (χ2n) is 13.4. The number of carbonyl (C=O) groups is 1. The monoisotopic (exact) mass is 779 g/mol. The summed E-state index contributed by atoms with van der Waals surface area (Å²) in [4.78, 5) is 18.8. The third-order valence-electron chi connectivity index (χ3n) is 9.42. The molecule has 0 aliphatic carbocycles. The SMILES string of the molecule is Cc1ccc(S(=O)(=O)NC(Cc2ccccc2)C(=O)Nc2cccc(C3OC(CSc4nc5ccccc5s4)C(C)C(c4ccc(CO)cc4)O3)c2)cc1. The summed E-state index contributed by atoms with van der Waals surface area (Å²) in [5, 5.41) is 12.6. The van der Waals surface area contributed by atoms with Crippen LogP contribution in [0, 0.1) is 12.8 Å². The number of benzene rings is 5. The van der Waals surface area contributed by atoms with Crippen LogP contribution in [0.2, 0.25) is 0 Å². The van der Waals surface area contributed by atoms with Crippen LogP contribution in [0.15, 0.2) is 137 Å². The molecular weight excluding hydrogens is 739 g/mol. The Labute approximate surface area is 323 Å². The second kappa shape index (κ2) is 17.0. The first kappa shape index (κ1) is 37.9. The van der Waals surface area contributed by atoms with Gasteiger partial charge in [0.2, 0.25) is 15.9 Å². The fourth-order valence-electron chi connectivity index (χ4n) is 6.38. The minimum absolute atomic E-state index is 0.0220. The molecule has 278 valence electrons. The van der Waals surface area contributed by atoms with Gasteiger partial charge in [-0.05, 0) is 66.4 Å². The third kappa shape index (κ3) is 9.10. The highest BCUT2D eigenvalue weighted by Crippen LogP contribution is 2.44. The molecule has 1 fully saturated rings. The van der Waals surface area contributed by atoms with Crippen LogP contribution in [0.25, 0.3) is 10.2 Å². The molecule has 1 aliphatic rings. The van der Waals surface area contributed by atoms with E-state index >= 15 is 0 Å². The van der Waals surface area contributed by atoms with Crippen LogP contribution >= 0.6 is 23.1 Å². The largest absolute Gasteiger partial charge is 0.392 e. The van der Waals surface area contributed by atoms with Gasteiger partial charge in [0.05, 0.1) is 33.9 Å². The fourth-order valence-corrected chi connectivity index (χ4v) is 9.83. The zero-order chi connectivity index (χ0) is 37.7. The number of anilines is 1. The number of hydrogen-bond acceptors (Lipinski definition) is 9. The van der Waals surface area contributed by atoms with Gasteiger partial charge in [-0.1, -0.05) is 115 Å². The molecule has 1 aliphatic heterocycles. The number of amides is 1. The summed E-state index contributed by atoms with van der Waals surface area (Å²) in [5.74, 6) is 0.120. The number of carbonyl (C=O) groups excluding carboxylic acids is 1. The van der Waals surface area contributed by atoms with Crippen LogP contribution in [0.5, 0.6) is 0 Å². The number of aromatic nitrogens is 1. The fraction of sp³-hybridized carbons (Fsp3) is 0.238. The quantitative estimate of drug-likeness (QED) is 0.100. The number of thioether (sulfide) groups is 1. The minimum atomic E-state index is -4.01. The van der Waals surface area contributed by atoms with Crippen molar-refractivity contribution < 1.29 is 27.8 Å². The molecule has 6 aromatic rings. The Morgan fingerprint density at radius 2 is 1.61 bits per heavy atom. The number of aliphatic hydroxyl groups is 1. The van der Waals surface area contributed by atoms with Crippen molar-refractivity contribution in [3.8, 4) is 0 Å². The van der Waals surface area contributed by atoms with Crippen molar-refractivity contribution in [2.24, 2.45) is 5.92 Å². The van der Waals surface area contributed by atoms with E-state index in [1.54, 1.807) is 47.4 Å². The molecule has 1 saturated heterocycles. The summed E-state index contributed by atoms with van der Waals surface area (Å²) in [6.07, 6.45) is -1.15. The molecule has 12 heteroatoms. The second-order valence-corrected chi connectivity index (χ2v) is 17.4. The van der Waals surface area contributed by atoms with Gasteiger partial charge < -0.3 is 19.9 Å². The number of aliphatic hydroxyl groups excluding tert-OH is 1. The smallest absolute Gasteiger partial charge is 0.242 e. The summed E-state index contributed by atoms with van der Waals surface area (Å²) in [7, 11) is -4.01. The first-order valence-electron chi connectivity index (χ1n) is 17.7. The topological polar surface area (TPSA) is 127 Å². The number of sulfonamides is 1. The van der Waals surface area contributed by atoms with Crippen LogP contribution in [-0.4, -0.2) is 42.3 Å². The Bertz CT molecular complexity index is 2270. The molecule has 3 N–H and O–H groups in total. The maximum atomic E-state index is 13.9. The maximum Gasteiger partial charge on any atom is 0.242 e. The van der Waals surface area contributed by atoms with E-state index in [0.29, 0.717) is 17.0 Å². The molecule has 54 heavy (non-hydrogen) atoms. The number of fused-ring (bicyclic) bond motifs is 1. The van der Waals surface area contributed by atoms with Crippen molar-refractivity contribution in [2.45, 2.75) is 60.7 Å². The van der Waals surface area contributed by atoms with Crippen LogP contribution in [-0.2, 0) is 37.3 Å². The van der Waals surface area contributed by atoms with Crippen molar-refractivity contribution >= 4 is 54.9 Å². The van der Waals surface area contributed by atoms with Crippen molar-refractivity contribution in [3.63, 3.8) is 0 Å². The zero-order valence-electron chi connectivity index (χ0n) is 29.8. The van der Waals surface area contributed by atoms with Crippen molar-refractivity contribution in [2.75, 3.05) is 11.1 Å². The molecule has 9 nitrogen and oxygen atoms in total. The number of thiazole rings is 1. The third-order valence-corrected chi connectivity index (χ3v) is 13.2. The average molecular weight is 780 g/mol. The molecule has 2 heterocycles. The van der Waals surface area contributed by atoms with E-state index in [4.69, 9.17) is 14.5 Å². The van der Waals surface area contributed by atoms with Gasteiger partial charge in [-0.2, -0.15) is 4.72 Å². The van der Waals surface area contributed by atoms with Gasteiger partial charge in [0.1, 0.15) is 6.04 Å². The van der Waals surface area contributed by atoms with Crippen LogP contribution in [0.1, 0.15) is 47.1 Å². The Hall–Kier alpha value is -4.40. The molecule has 0 saturated carbocycles. The van der Waals surface area contributed by atoms with Gasteiger partial charge in [-0.15, -0.1) is 11.3 Å². The van der Waals surface area contributed by atoms with Crippen LogP contribution in [0.4, 0.5) is 5.69 Å². The van der Waals surface area contributed by atoms with Crippen LogP contribution < -0.4 is 10.0 Å². The van der Waals surface area contributed by atoms with E-state index in [-0.39, 0.29) is 36.0 Å². The van der Waals surface area contributed by atoms with Gasteiger partial charge in [-0.25, -0.2) is 13.4 Å². The lowest BCUT2D eigenvalue weighted by atomic mass is 9.91. The van der Waals surface area contributed by atoms with E-state index in [0.717, 1.165) is 36.8 Å². The standard InChI is InChI=1S/C42H41N3O6S3/c1-27-15-21-34(22-16-27)54(48,49)45-36(23-29-9-4-3-5-10-29)40(47)43-33-12-8-11-32(24-33)41-50-37(26-52-42-44-35-13-6-7-14-38(35)53-42)28(2)39(51-41)31-19-17-30(25-46)18-20-31/h3-22,24,28,36-37,39,41,45-46H,23,25-26H2,1-2H3,(H,43,47). The highest BCUT2D eigenvalue weighted by Gasteiger charge is 2.39. The number of hydrogen-bond donors (Lipinski definition) is 3. The first-order chi connectivity index (χ1) is 26.1. The summed E-state index contributed by atoms with van der Waals surface area (Å²) >= 11 is 3.31. The molecule has 1 amide bonds. The number of aryl methyl sites for hydroxylation is 1. The lowest BCUT2D eigenvalue weighted by Gasteiger charge is -2.41. The lowest BCUT2D eigenvalue weighted by molar-refractivity contribution is -0.268. The molecule has 0 bridgehead atoms. The number of nitrogens with one attached hydrogen (secondary N) is 2. The van der Waals surface area contributed by atoms with Crippen molar-refractivity contribution in [3.05, 3.63) is 155 Å². The van der Waals surface area contributed by atoms with E-state index in [9.17, 15) is 18.3 Å². The Balaban J connectivity index is 1.12. The molecule has 5 aromatic carbocycles. The van der Waals surface area contributed by atoms with Gasteiger partial charge in [0, 0.05) is 22.9 Å². The molecule has 0 spiro atoms. The minimum Gasteiger partial charge on any atom is -0.392 e. The lowest BCUT2D eigenvalue weighted by Crippen LogP contribution is -2.45. The predicted molar refractivity (Wildman–Crippen MR) is 214 cm³/mol. The highest BCUT2D eigenvalue weighted by atomic mass is 32.2. The van der Waals surface area contributed by atoms with Crippen LogP contribution in [0.3, 0.4) is 0 Å². The highest BCUT2D eigenvalue weighted by molar-refractivity contribution is 8.01. The predicted octanol–water partition coefficient (Wildman–Crippen LogP) is 8.21. The Morgan fingerprint density at radius 1 is 0.870 bits per heavy atom.